The van der Waals surface area contributed by atoms with Crippen molar-refractivity contribution >= 4 is 17.5 Å². The Kier molecular flexibility index (Phi) is 6.57. The molecule has 0 spiro atoms. The number of nitrogens with one attached hydrogen (secondary N) is 2. The molecule has 0 aliphatic heterocycles. The molecule has 0 radical (unpaired) electrons. The fourth-order valence-corrected chi connectivity index (χ4v) is 3.69. The van der Waals surface area contributed by atoms with Crippen molar-refractivity contribution in [2.24, 2.45) is 11.1 Å². The van der Waals surface area contributed by atoms with E-state index in [-0.39, 0.29) is 11.7 Å². The third kappa shape index (κ3) is 4.85. The number of likely N-dealkylation sites (N-methyl/N-ethyl adjacent to an activating group) is 1. The van der Waals surface area contributed by atoms with Crippen molar-refractivity contribution in [2.45, 2.75) is 44.6 Å². The second kappa shape index (κ2) is 9.30. The van der Waals surface area contributed by atoms with Gasteiger partial charge in [-0.25, -0.2) is 0 Å². The van der Waals surface area contributed by atoms with E-state index in [9.17, 15) is 14.5 Å². The van der Waals surface area contributed by atoms with E-state index >= 15 is 0 Å². The van der Waals surface area contributed by atoms with Gasteiger partial charge >= 0.3 is 0 Å². The van der Waals surface area contributed by atoms with E-state index in [1.54, 1.807) is 43.4 Å². The molecule has 2 N–H and O–H groups in total. The van der Waals surface area contributed by atoms with Crippen molar-refractivity contribution in [3.05, 3.63) is 47.1 Å². The first-order valence-electron chi connectivity index (χ1n) is 9.67. The number of rotatable bonds is 7. The van der Waals surface area contributed by atoms with Crippen LogP contribution in [0.15, 0.2) is 46.0 Å². The molecular formula is C21H25N3O4. The molecule has 2 amide bonds. The summed E-state index contributed by atoms with van der Waals surface area (Å²) in [5, 5.41) is 8.31. The summed E-state index contributed by atoms with van der Waals surface area (Å²) in [7, 11) is 1.57. The molecule has 0 bridgehead atoms. The maximum absolute atomic E-state index is 12.6. The fourth-order valence-electron chi connectivity index (χ4n) is 3.69. The zero-order chi connectivity index (χ0) is 19.9. The Morgan fingerprint density at radius 3 is 2.46 bits per heavy atom. The van der Waals surface area contributed by atoms with Crippen LogP contribution in [0.4, 0.5) is 5.69 Å². The summed E-state index contributed by atoms with van der Waals surface area (Å²) in [6.45, 7) is 0. The number of hydrogen-bond acceptors (Lipinski definition) is 5. The molecule has 1 aromatic heterocycles. The molecule has 7 nitrogen and oxygen atoms in total. The lowest BCUT2D eigenvalue weighted by Crippen LogP contribution is -2.46. The van der Waals surface area contributed by atoms with Gasteiger partial charge in [-0.1, -0.05) is 32.1 Å². The Morgan fingerprint density at radius 2 is 1.82 bits per heavy atom. The first kappa shape index (κ1) is 19.8. The van der Waals surface area contributed by atoms with Crippen LogP contribution in [-0.4, -0.2) is 24.9 Å². The second-order valence-corrected chi connectivity index (χ2v) is 7.18. The monoisotopic (exact) mass is 383 g/mol. The molecule has 1 atom stereocenters. The largest absolute Gasteiger partial charge is 0.451 e. The van der Waals surface area contributed by atoms with Gasteiger partial charge < -0.3 is 15.1 Å². The highest BCUT2D eigenvalue weighted by molar-refractivity contribution is 5.95. The Labute approximate surface area is 163 Å². The highest BCUT2D eigenvalue weighted by Crippen LogP contribution is 2.28. The van der Waals surface area contributed by atoms with Crippen LogP contribution in [0.5, 0.6) is 0 Å². The number of hydrogen-bond donors (Lipinski definition) is 2. The van der Waals surface area contributed by atoms with E-state index in [1.165, 1.54) is 19.3 Å². The molecular weight excluding hydrogens is 358 g/mol. The number of amides is 2. The van der Waals surface area contributed by atoms with E-state index < -0.39 is 11.9 Å². The SMILES string of the molecule is CNC(=O)[C@H](CC1CCCCC1)NC(=O)c1ccc(-c2ccc(N=O)cc2)o1. The highest BCUT2D eigenvalue weighted by atomic mass is 16.4. The molecule has 0 unspecified atom stereocenters. The van der Waals surface area contributed by atoms with Gasteiger partial charge in [-0.3, -0.25) is 9.59 Å². The van der Waals surface area contributed by atoms with Gasteiger partial charge in [0.15, 0.2) is 5.76 Å². The van der Waals surface area contributed by atoms with E-state index in [4.69, 9.17) is 4.42 Å². The Hall–Kier alpha value is -2.96. The summed E-state index contributed by atoms with van der Waals surface area (Å²) >= 11 is 0. The zero-order valence-corrected chi connectivity index (χ0v) is 15.9. The Bertz CT molecular complexity index is 822. The van der Waals surface area contributed by atoms with E-state index in [1.807, 2.05) is 0 Å². The lowest BCUT2D eigenvalue weighted by atomic mass is 9.84. The molecule has 1 fully saturated rings. The summed E-state index contributed by atoms with van der Waals surface area (Å²) in [4.78, 5) is 35.4. The maximum atomic E-state index is 12.6. The molecule has 1 aliphatic rings. The van der Waals surface area contributed by atoms with Gasteiger partial charge in [-0.05, 0) is 53.9 Å². The molecule has 3 rings (SSSR count). The Balaban J connectivity index is 1.68. The van der Waals surface area contributed by atoms with Crippen molar-refractivity contribution in [3.8, 4) is 11.3 Å². The van der Waals surface area contributed by atoms with Crippen molar-refractivity contribution in [2.75, 3.05) is 7.05 Å². The lowest BCUT2D eigenvalue weighted by molar-refractivity contribution is -0.123. The first-order chi connectivity index (χ1) is 13.6. The molecule has 148 valence electrons. The van der Waals surface area contributed by atoms with Gasteiger partial charge in [0.1, 0.15) is 17.5 Å². The average Bonchev–Trinajstić information content (AvgIpc) is 3.24. The van der Waals surface area contributed by atoms with E-state index in [0.29, 0.717) is 23.8 Å². The topological polar surface area (TPSA) is 101 Å². The van der Waals surface area contributed by atoms with Gasteiger partial charge in [-0.2, -0.15) is 0 Å². The van der Waals surface area contributed by atoms with Crippen LogP contribution in [0.1, 0.15) is 49.1 Å². The molecule has 7 heteroatoms. The molecule has 1 heterocycles. The number of carbonyl (C=O) groups is 2. The van der Waals surface area contributed by atoms with Gasteiger partial charge in [0.2, 0.25) is 5.91 Å². The molecule has 1 aromatic carbocycles. The smallest absolute Gasteiger partial charge is 0.287 e. The minimum absolute atomic E-state index is 0.144. The summed E-state index contributed by atoms with van der Waals surface area (Å²) in [5.41, 5.74) is 1.06. The van der Waals surface area contributed by atoms with E-state index in [2.05, 4.69) is 15.8 Å². The normalized spacial score (nSPS) is 15.6. The number of benzene rings is 1. The van der Waals surface area contributed by atoms with Crippen molar-refractivity contribution in [1.29, 1.82) is 0 Å². The highest BCUT2D eigenvalue weighted by Gasteiger charge is 2.26. The molecule has 1 saturated carbocycles. The van der Waals surface area contributed by atoms with Crippen molar-refractivity contribution in [3.63, 3.8) is 0 Å². The van der Waals surface area contributed by atoms with Crippen LogP contribution in [0.3, 0.4) is 0 Å². The van der Waals surface area contributed by atoms with Crippen LogP contribution >= 0.6 is 0 Å². The number of carbonyl (C=O) groups excluding carboxylic acids is 2. The Morgan fingerprint density at radius 1 is 1.11 bits per heavy atom. The molecule has 28 heavy (non-hydrogen) atoms. The predicted octanol–water partition coefficient (Wildman–Crippen LogP) is 4.16. The molecule has 2 aromatic rings. The van der Waals surface area contributed by atoms with Crippen molar-refractivity contribution < 1.29 is 14.0 Å². The fraction of sp³-hybridized carbons (Fsp3) is 0.429. The lowest BCUT2D eigenvalue weighted by Gasteiger charge is -2.26. The van der Waals surface area contributed by atoms with Crippen LogP contribution in [0, 0.1) is 10.8 Å². The minimum Gasteiger partial charge on any atom is -0.451 e. The first-order valence-corrected chi connectivity index (χ1v) is 9.67. The molecule has 1 aliphatic carbocycles. The predicted molar refractivity (Wildman–Crippen MR) is 106 cm³/mol. The molecule has 0 saturated heterocycles. The van der Waals surface area contributed by atoms with Crippen LogP contribution < -0.4 is 10.6 Å². The standard InChI is InChI=1S/C21H25N3O4/c1-22-20(25)17(13-14-5-3-2-4-6-14)23-21(26)19-12-11-18(28-19)15-7-9-16(24-27)10-8-15/h7-12,14,17H,2-6,13H2,1H3,(H,22,25)(H,23,26)/t17-/m0/s1. The summed E-state index contributed by atoms with van der Waals surface area (Å²) in [6.07, 6.45) is 6.43. The number of nitroso groups, excluding NO2 is 1. The van der Waals surface area contributed by atoms with Gasteiger partial charge in [0, 0.05) is 12.6 Å². The summed E-state index contributed by atoms with van der Waals surface area (Å²) in [5.74, 6) is 0.495. The summed E-state index contributed by atoms with van der Waals surface area (Å²) < 4.78 is 5.66. The number of nitrogens with zero attached hydrogens (tertiary/aromatic N) is 1. The van der Waals surface area contributed by atoms with Gasteiger partial charge in [-0.15, -0.1) is 4.91 Å². The van der Waals surface area contributed by atoms with Gasteiger partial charge in [0.25, 0.3) is 5.91 Å². The minimum atomic E-state index is -0.577. The zero-order valence-electron chi connectivity index (χ0n) is 15.9. The summed E-state index contributed by atoms with van der Waals surface area (Å²) in [6, 6.07) is 9.26. The third-order valence-electron chi connectivity index (χ3n) is 5.25. The van der Waals surface area contributed by atoms with Crippen molar-refractivity contribution in [1.82, 2.24) is 10.6 Å². The maximum Gasteiger partial charge on any atom is 0.287 e. The average molecular weight is 383 g/mol. The third-order valence-corrected chi connectivity index (χ3v) is 5.25. The van der Waals surface area contributed by atoms with Crippen LogP contribution in [0.25, 0.3) is 11.3 Å². The number of furan rings is 1. The van der Waals surface area contributed by atoms with Gasteiger partial charge in [0.05, 0.1) is 0 Å². The second-order valence-electron chi connectivity index (χ2n) is 7.18. The van der Waals surface area contributed by atoms with E-state index in [0.717, 1.165) is 18.4 Å². The van der Waals surface area contributed by atoms with Crippen LogP contribution in [0.2, 0.25) is 0 Å². The quantitative estimate of drug-likeness (QED) is 0.701. The van der Waals surface area contributed by atoms with Crippen LogP contribution in [-0.2, 0) is 4.79 Å².